The lowest BCUT2D eigenvalue weighted by Crippen LogP contribution is -2.25. The smallest absolute Gasteiger partial charge is 0.341 e. The SMILES string of the molecule is Cn1cnc(Oc2cc3c(cc2N)OCC(=O)N3)n1. The van der Waals surface area contributed by atoms with Crippen LogP contribution in [0.15, 0.2) is 18.5 Å². The Balaban J connectivity index is 1.93. The Labute approximate surface area is 108 Å². The van der Waals surface area contributed by atoms with Crippen molar-refractivity contribution in [2.24, 2.45) is 7.05 Å². The van der Waals surface area contributed by atoms with Gasteiger partial charge in [-0.2, -0.15) is 4.98 Å². The number of nitrogen functional groups attached to an aromatic ring is 1. The number of hydrogen-bond acceptors (Lipinski definition) is 6. The molecule has 2 heterocycles. The Morgan fingerprint density at radius 2 is 2.37 bits per heavy atom. The van der Waals surface area contributed by atoms with Crippen LogP contribution in [-0.2, 0) is 11.8 Å². The first-order chi connectivity index (χ1) is 9.11. The number of nitrogens with one attached hydrogen (secondary N) is 1. The van der Waals surface area contributed by atoms with Gasteiger partial charge in [0, 0.05) is 19.2 Å². The fraction of sp³-hybridized carbons (Fsp3) is 0.182. The van der Waals surface area contributed by atoms with Crippen molar-refractivity contribution in [3.05, 3.63) is 18.5 Å². The number of carbonyl (C=O) groups is 1. The summed E-state index contributed by atoms with van der Waals surface area (Å²) in [4.78, 5) is 15.2. The average molecular weight is 261 g/mol. The topological polar surface area (TPSA) is 104 Å². The van der Waals surface area contributed by atoms with E-state index in [1.165, 1.54) is 11.0 Å². The predicted octanol–water partition coefficient (Wildman–Crippen LogP) is 0.520. The molecule has 0 radical (unpaired) electrons. The summed E-state index contributed by atoms with van der Waals surface area (Å²) in [7, 11) is 1.73. The van der Waals surface area contributed by atoms with E-state index in [1.807, 2.05) is 0 Å². The summed E-state index contributed by atoms with van der Waals surface area (Å²) >= 11 is 0. The van der Waals surface area contributed by atoms with Gasteiger partial charge < -0.3 is 20.5 Å². The van der Waals surface area contributed by atoms with Crippen molar-refractivity contribution < 1.29 is 14.3 Å². The van der Waals surface area contributed by atoms with E-state index in [4.69, 9.17) is 15.2 Å². The molecule has 2 aromatic rings. The molecule has 8 nitrogen and oxygen atoms in total. The second-order valence-corrected chi connectivity index (χ2v) is 4.03. The maximum Gasteiger partial charge on any atom is 0.341 e. The number of amides is 1. The Bertz CT molecular complexity index is 652. The van der Waals surface area contributed by atoms with Crippen LogP contribution < -0.4 is 20.5 Å². The van der Waals surface area contributed by atoms with Crippen molar-refractivity contribution in [1.82, 2.24) is 14.8 Å². The first-order valence-corrected chi connectivity index (χ1v) is 5.51. The molecule has 0 saturated heterocycles. The molecule has 1 amide bonds. The van der Waals surface area contributed by atoms with E-state index in [9.17, 15) is 4.79 Å². The summed E-state index contributed by atoms with van der Waals surface area (Å²) in [6.45, 7) is -0.0194. The molecule has 0 bridgehead atoms. The van der Waals surface area contributed by atoms with Crippen LogP contribution in [0.4, 0.5) is 11.4 Å². The second kappa shape index (κ2) is 4.16. The summed E-state index contributed by atoms with van der Waals surface area (Å²) in [6.07, 6.45) is 1.51. The van der Waals surface area contributed by atoms with Crippen LogP contribution >= 0.6 is 0 Å². The van der Waals surface area contributed by atoms with E-state index in [-0.39, 0.29) is 18.5 Å². The molecule has 1 aromatic heterocycles. The van der Waals surface area contributed by atoms with Gasteiger partial charge in [0.15, 0.2) is 12.4 Å². The van der Waals surface area contributed by atoms with Gasteiger partial charge in [0.05, 0.1) is 11.4 Å². The number of nitrogens with zero attached hydrogens (tertiary/aromatic N) is 3. The van der Waals surface area contributed by atoms with Gasteiger partial charge in [0.25, 0.3) is 5.91 Å². The lowest BCUT2D eigenvalue weighted by atomic mass is 10.2. The zero-order valence-corrected chi connectivity index (χ0v) is 10.1. The summed E-state index contributed by atoms with van der Waals surface area (Å²) in [5.74, 6) is 0.647. The van der Waals surface area contributed by atoms with Gasteiger partial charge in [0.2, 0.25) is 0 Å². The highest BCUT2D eigenvalue weighted by Gasteiger charge is 2.19. The number of fused-ring (bicyclic) bond motifs is 1. The number of aryl methyl sites for hydroxylation is 1. The lowest BCUT2D eigenvalue weighted by molar-refractivity contribution is -0.118. The van der Waals surface area contributed by atoms with Crippen LogP contribution in [0.3, 0.4) is 0 Å². The maximum absolute atomic E-state index is 11.2. The van der Waals surface area contributed by atoms with Gasteiger partial charge in [-0.25, -0.2) is 0 Å². The third-order valence-corrected chi connectivity index (χ3v) is 2.52. The molecule has 0 saturated carbocycles. The molecule has 1 aliphatic rings. The summed E-state index contributed by atoms with van der Waals surface area (Å²) in [6, 6.07) is 3.35. The fourth-order valence-electron chi connectivity index (χ4n) is 1.68. The molecule has 3 rings (SSSR count). The molecule has 3 N–H and O–H groups in total. The molecule has 1 aliphatic heterocycles. The highest BCUT2D eigenvalue weighted by Crippen LogP contribution is 2.37. The number of hydrogen-bond donors (Lipinski definition) is 2. The van der Waals surface area contributed by atoms with Gasteiger partial charge in [-0.3, -0.25) is 9.48 Å². The van der Waals surface area contributed by atoms with Crippen molar-refractivity contribution in [1.29, 1.82) is 0 Å². The number of ether oxygens (including phenoxy) is 2. The van der Waals surface area contributed by atoms with Crippen LogP contribution in [0.2, 0.25) is 0 Å². The van der Waals surface area contributed by atoms with E-state index in [0.717, 1.165) is 0 Å². The third-order valence-electron chi connectivity index (χ3n) is 2.52. The van der Waals surface area contributed by atoms with E-state index < -0.39 is 0 Å². The normalized spacial score (nSPS) is 13.4. The van der Waals surface area contributed by atoms with Gasteiger partial charge in [-0.05, 0) is 0 Å². The molecule has 0 aliphatic carbocycles. The van der Waals surface area contributed by atoms with Gasteiger partial charge >= 0.3 is 6.01 Å². The van der Waals surface area contributed by atoms with Crippen LogP contribution in [-0.4, -0.2) is 27.3 Å². The standard InChI is InChI=1S/C11H11N5O3/c1-16-5-13-11(15-16)19-8-3-7-9(2-6(8)12)18-4-10(17)14-7/h2-3,5H,4,12H2,1H3,(H,14,17). The lowest BCUT2D eigenvalue weighted by Gasteiger charge is -2.19. The molecular weight excluding hydrogens is 250 g/mol. The third kappa shape index (κ3) is 2.15. The van der Waals surface area contributed by atoms with Crippen LogP contribution in [0.1, 0.15) is 0 Å². The Hall–Kier alpha value is -2.77. The van der Waals surface area contributed by atoms with E-state index in [2.05, 4.69) is 15.4 Å². The number of carbonyl (C=O) groups excluding carboxylic acids is 1. The minimum absolute atomic E-state index is 0.0194. The first kappa shape index (κ1) is 11.3. The number of benzene rings is 1. The molecule has 19 heavy (non-hydrogen) atoms. The molecule has 0 spiro atoms. The maximum atomic E-state index is 11.2. The zero-order chi connectivity index (χ0) is 13.4. The van der Waals surface area contributed by atoms with E-state index in [1.54, 1.807) is 19.2 Å². The summed E-state index contributed by atoms with van der Waals surface area (Å²) in [5, 5.41) is 6.66. The van der Waals surface area contributed by atoms with Crippen molar-refractivity contribution in [3.63, 3.8) is 0 Å². The van der Waals surface area contributed by atoms with E-state index >= 15 is 0 Å². The Kier molecular flexibility index (Phi) is 2.48. The van der Waals surface area contributed by atoms with Crippen molar-refractivity contribution in [2.45, 2.75) is 0 Å². The van der Waals surface area contributed by atoms with Crippen molar-refractivity contribution >= 4 is 17.3 Å². The van der Waals surface area contributed by atoms with Crippen molar-refractivity contribution in [3.8, 4) is 17.5 Å². The zero-order valence-electron chi connectivity index (χ0n) is 10.1. The van der Waals surface area contributed by atoms with Gasteiger partial charge in [0.1, 0.15) is 12.1 Å². The van der Waals surface area contributed by atoms with E-state index in [0.29, 0.717) is 22.9 Å². The molecule has 8 heteroatoms. The first-order valence-electron chi connectivity index (χ1n) is 5.51. The molecular formula is C11H11N5O3. The largest absolute Gasteiger partial charge is 0.481 e. The quantitative estimate of drug-likeness (QED) is 0.764. The van der Waals surface area contributed by atoms with Crippen molar-refractivity contribution in [2.75, 3.05) is 17.7 Å². The number of anilines is 2. The summed E-state index contributed by atoms with van der Waals surface area (Å²) in [5.41, 5.74) is 6.74. The average Bonchev–Trinajstić information content (AvgIpc) is 2.76. The van der Waals surface area contributed by atoms with Gasteiger partial charge in [-0.1, -0.05) is 0 Å². The number of rotatable bonds is 2. The molecule has 1 aromatic carbocycles. The highest BCUT2D eigenvalue weighted by atomic mass is 16.5. The van der Waals surface area contributed by atoms with Crippen LogP contribution in [0, 0.1) is 0 Å². The Morgan fingerprint density at radius 3 is 3.11 bits per heavy atom. The monoisotopic (exact) mass is 261 g/mol. The molecule has 98 valence electrons. The predicted molar refractivity (Wildman–Crippen MR) is 66.1 cm³/mol. The molecule has 0 unspecified atom stereocenters. The number of aromatic nitrogens is 3. The minimum atomic E-state index is -0.223. The summed E-state index contributed by atoms with van der Waals surface area (Å²) < 4.78 is 12.2. The Morgan fingerprint density at radius 1 is 1.53 bits per heavy atom. The van der Waals surface area contributed by atoms with Crippen LogP contribution in [0.5, 0.6) is 17.5 Å². The highest BCUT2D eigenvalue weighted by molar-refractivity contribution is 5.96. The fourth-order valence-corrected chi connectivity index (χ4v) is 1.68. The number of nitrogens with two attached hydrogens (primary N) is 1. The minimum Gasteiger partial charge on any atom is -0.481 e. The molecule has 0 fully saturated rings. The van der Waals surface area contributed by atoms with Gasteiger partial charge in [-0.15, -0.1) is 5.10 Å². The van der Waals surface area contributed by atoms with Crippen LogP contribution in [0.25, 0.3) is 0 Å². The second-order valence-electron chi connectivity index (χ2n) is 4.03. The molecule has 0 atom stereocenters.